The second-order valence-corrected chi connectivity index (χ2v) is 8.97. The first kappa shape index (κ1) is 22.0. The first-order chi connectivity index (χ1) is 13.7. The molecule has 1 aliphatic rings. The zero-order valence-corrected chi connectivity index (χ0v) is 17.8. The highest BCUT2D eigenvalue weighted by molar-refractivity contribution is 7.89. The van der Waals surface area contributed by atoms with Crippen molar-refractivity contribution in [2.75, 3.05) is 18.0 Å². The van der Waals surface area contributed by atoms with Crippen LogP contribution in [-0.4, -0.2) is 34.0 Å². The number of piperazine rings is 1. The van der Waals surface area contributed by atoms with Gasteiger partial charge in [-0.1, -0.05) is 31.5 Å². The summed E-state index contributed by atoms with van der Waals surface area (Å²) in [6.45, 7) is 7.36. The molecule has 0 bridgehead atoms. The van der Waals surface area contributed by atoms with Gasteiger partial charge in [-0.3, -0.25) is 0 Å². The monoisotopic (exact) mass is 424 g/mol. The van der Waals surface area contributed by atoms with E-state index in [0.29, 0.717) is 13.1 Å². The predicted octanol–water partition coefficient (Wildman–Crippen LogP) is 5.28. The number of anilines is 1. The molecule has 3 rings (SSSR count). The molecule has 0 spiro atoms. The normalized spacial score (nSPS) is 22.0. The van der Waals surface area contributed by atoms with E-state index in [0.717, 1.165) is 41.1 Å². The molecule has 1 fully saturated rings. The third-order valence-electron chi connectivity index (χ3n) is 5.27. The molecule has 3 unspecified atom stereocenters. The second-order valence-electron chi connectivity index (χ2n) is 7.61. The van der Waals surface area contributed by atoms with Crippen LogP contribution in [-0.2, 0) is 24.0 Å². The van der Waals surface area contributed by atoms with Crippen LogP contribution in [0.2, 0.25) is 0 Å². The van der Waals surface area contributed by atoms with E-state index in [9.17, 15) is 17.7 Å². The van der Waals surface area contributed by atoms with Crippen molar-refractivity contribution in [3.63, 3.8) is 0 Å². The first-order valence-corrected chi connectivity index (χ1v) is 11.0. The predicted molar refractivity (Wildman–Crippen MR) is 111 cm³/mol. The summed E-state index contributed by atoms with van der Waals surface area (Å²) >= 11 is -1.27. The Balaban J connectivity index is 1.76. The maximum absolute atomic E-state index is 13.4. The van der Waals surface area contributed by atoms with Crippen LogP contribution in [0.5, 0.6) is 0 Å². The van der Waals surface area contributed by atoms with Gasteiger partial charge in [0.25, 0.3) is 0 Å². The van der Waals surface area contributed by atoms with Gasteiger partial charge in [-0.15, -0.1) is 4.31 Å². The molecule has 1 aliphatic heterocycles. The summed E-state index contributed by atoms with van der Waals surface area (Å²) < 4.78 is 53.9. The van der Waals surface area contributed by atoms with Gasteiger partial charge in [0.15, 0.2) is 4.90 Å². The lowest BCUT2D eigenvalue weighted by molar-refractivity contribution is -0.137. The molecule has 3 atom stereocenters. The van der Waals surface area contributed by atoms with E-state index in [2.05, 4.69) is 11.8 Å². The number of alkyl halides is 3. The highest BCUT2D eigenvalue weighted by Crippen LogP contribution is 2.33. The molecule has 7 heteroatoms. The number of rotatable bonds is 5. The van der Waals surface area contributed by atoms with Gasteiger partial charge in [-0.05, 0) is 50.6 Å². The number of aryl methyl sites for hydroxylation is 1. The van der Waals surface area contributed by atoms with Gasteiger partial charge >= 0.3 is 6.18 Å². The Morgan fingerprint density at radius 1 is 1.00 bits per heavy atom. The summed E-state index contributed by atoms with van der Waals surface area (Å²) in [5, 5.41) is 0. The summed E-state index contributed by atoms with van der Waals surface area (Å²) in [5.41, 5.74) is 1.22. The Hall–Kier alpha value is -1.70. The molecule has 158 valence electrons. The summed E-state index contributed by atoms with van der Waals surface area (Å²) in [7, 11) is 0. The van der Waals surface area contributed by atoms with E-state index < -0.39 is 23.1 Å². The molecule has 2 aromatic rings. The van der Waals surface area contributed by atoms with Crippen LogP contribution in [0.3, 0.4) is 0 Å². The van der Waals surface area contributed by atoms with Gasteiger partial charge in [-0.25, -0.2) is 0 Å². The number of hydrogen-bond acceptors (Lipinski definition) is 3. The molecule has 0 radical (unpaired) electrons. The van der Waals surface area contributed by atoms with E-state index in [4.69, 9.17) is 0 Å². The van der Waals surface area contributed by atoms with Gasteiger partial charge in [-0.2, -0.15) is 13.2 Å². The number of hydrogen-bond donors (Lipinski definition) is 0. The molecule has 0 amide bonds. The Bertz CT molecular complexity index is 800. The van der Waals surface area contributed by atoms with Crippen LogP contribution >= 0.6 is 0 Å². The van der Waals surface area contributed by atoms with Crippen LogP contribution in [0.4, 0.5) is 18.9 Å². The number of halogens is 3. The quantitative estimate of drug-likeness (QED) is 0.612. The summed E-state index contributed by atoms with van der Waals surface area (Å²) in [6.07, 6.45) is -2.46. The minimum Gasteiger partial charge on any atom is -0.593 e. The fourth-order valence-corrected chi connectivity index (χ4v) is 5.57. The largest absolute Gasteiger partial charge is 0.593 e. The highest BCUT2D eigenvalue weighted by atomic mass is 32.2. The maximum atomic E-state index is 13.4. The lowest BCUT2D eigenvalue weighted by Crippen LogP contribution is -2.58. The van der Waals surface area contributed by atoms with Crippen molar-refractivity contribution in [3.05, 3.63) is 59.7 Å². The molecule has 0 N–H and O–H groups in total. The van der Waals surface area contributed by atoms with Crippen molar-refractivity contribution in [3.8, 4) is 0 Å². The molecular weight excluding hydrogens is 397 g/mol. The van der Waals surface area contributed by atoms with Gasteiger partial charge < -0.3 is 9.45 Å². The Morgan fingerprint density at radius 3 is 2.14 bits per heavy atom. The zero-order chi connectivity index (χ0) is 21.2. The fraction of sp³-hybridized carbons (Fsp3) is 0.455. The summed E-state index contributed by atoms with van der Waals surface area (Å²) in [6, 6.07) is 13.1. The van der Waals surface area contributed by atoms with E-state index in [1.807, 2.05) is 42.4 Å². The SMILES string of the molecule is CCCc1ccccc1[S+]([O-])N1C(C)CN(c2ccc(C(F)(F)F)cc2)CC1C. The zero-order valence-electron chi connectivity index (χ0n) is 16.9. The standard InChI is InChI=1S/C22H27F3N2OS/c1-4-7-18-8-5-6-9-21(18)29(28)27-16(2)14-26(15-17(27)3)20-12-10-19(11-13-20)22(23,24)25/h5-6,8-13,16-17H,4,7,14-15H2,1-3H3. The molecule has 1 saturated heterocycles. The third-order valence-corrected chi connectivity index (χ3v) is 7.15. The van der Waals surface area contributed by atoms with E-state index >= 15 is 0 Å². The van der Waals surface area contributed by atoms with Crippen LogP contribution in [0.1, 0.15) is 38.3 Å². The van der Waals surface area contributed by atoms with Crippen molar-refractivity contribution < 1.29 is 17.7 Å². The second kappa shape index (κ2) is 8.98. The molecule has 29 heavy (non-hydrogen) atoms. The Labute approximate surface area is 173 Å². The molecule has 2 aromatic carbocycles. The van der Waals surface area contributed by atoms with Crippen LogP contribution < -0.4 is 4.90 Å². The third kappa shape index (κ3) is 4.90. The van der Waals surface area contributed by atoms with Gasteiger partial charge in [0.2, 0.25) is 0 Å². The van der Waals surface area contributed by atoms with E-state index in [1.165, 1.54) is 12.1 Å². The average molecular weight is 425 g/mol. The van der Waals surface area contributed by atoms with Crippen LogP contribution in [0.25, 0.3) is 0 Å². The Kier molecular flexibility index (Phi) is 6.81. The lowest BCUT2D eigenvalue weighted by atomic mass is 10.1. The van der Waals surface area contributed by atoms with Gasteiger partial charge in [0.1, 0.15) is 0 Å². The van der Waals surface area contributed by atoms with Gasteiger partial charge in [0.05, 0.1) is 29.0 Å². The van der Waals surface area contributed by atoms with Crippen molar-refractivity contribution in [1.82, 2.24) is 4.31 Å². The molecule has 3 nitrogen and oxygen atoms in total. The van der Waals surface area contributed by atoms with Crippen LogP contribution in [0, 0.1) is 0 Å². The molecule has 1 heterocycles. The van der Waals surface area contributed by atoms with Crippen LogP contribution in [0.15, 0.2) is 53.4 Å². The molecule has 0 aromatic heterocycles. The van der Waals surface area contributed by atoms with Gasteiger partial charge in [0, 0.05) is 24.3 Å². The smallest absolute Gasteiger partial charge is 0.416 e. The van der Waals surface area contributed by atoms with E-state index in [-0.39, 0.29) is 12.1 Å². The van der Waals surface area contributed by atoms with E-state index in [1.54, 1.807) is 0 Å². The van der Waals surface area contributed by atoms with Crippen molar-refractivity contribution in [2.45, 2.75) is 56.8 Å². The minimum absolute atomic E-state index is 0.00319. The van der Waals surface area contributed by atoms with Crippen molar-refractivity contribution >= 4 is 17.0 Å². The molecule has 0 aliphatic carbocycles. The Morgan fingerprint density at radius 2 is 1.59 bits per heavy atom. The van der Waals surface area contributed by atoms with Crippen molar-refractivity contribution in [1.29, 1.82) is 0 Å². The number of benzene rings is 2. The highest BCUT2D eigenvalue weighted by Gasteiger charge is 2.39. The first-order valence-electron chi connectivity index (χ1n) is 9.92. The number of nitrogens with zero attached hydrogens (tertiary/aromatic N) is 2. The molecular formula is C22H27F3N2OS. The fourth-order valence-electron chi connectivity index (χ4n) is 3.97. The summed E-state index contributed by atoms with van der Waals surface area (Å²) in [5.74, 6) is 0. The summed E-state index contributed by atoms with van der Waals surface area (Å²) in [4.78, 5) is 2.93. The molecule has 0 saturated carbocycles. The minimum atomic E-state index is -4.33. The maximum Gasteiger partial charge on any atom is 0.416 e. The topological polar surface area (TPSA) is 29.5 Å². The van der Waals surface area contributed by atoms with Crippen molar-refractivity contribution in [2.24, 2.45) is 0 Å². The average Bonchev–Trinajstić information content (AvgIpc) is 2.67. The lowest BCUT2D eigenvalue weighted by Gasteiger charge is -2.44.